The number of rotatable bonds is 5. The van der Waals surface area contributed by atoms with Gasteiger partial charge in [-0.2, -0.15) is 15.2 Å². The summed E-state index contributed by atoms with van der Waals surface area (Å²) in [6.45, 7) is 4.03. The molecule has 0 radical (unpaired) electrons. The van der Waals surface area contributed by atoms with Crippen molar-refractivity contribution in [1.82, 2.24) is 19.5 Å². The molecule has 0 bridgehead atoms. The number of hydrogen-bond donors (Lipinski definition) is 2. The van der Waals surface area contributed by atoms with E-state index < -0.39 is 0 Å². The van der Waals surface area contributed by atoms with Gasteiger partial charge >= 0.3 is 0 Å². The minimum atomic E-state index is 0.352. The minimum Gasteiger partial charge on any atom is -0.436 e. The Hall–Kier alpha value is -4.90. The maximum atomic E-state index is 9.03. The number of nitrogen functional groups attached to an aromatic ring is 1. The van der Waals surface area contributed by atoms with Crippen molar-refractivity contribution in [3.63, 3.8) is 0 Å². The van der Waals surface area contributed by atoms with Crippen LogP contribution in [0.2, 0.25) is 0 Å². The van der Waals surface area contributed by atoms with Gasteiger partial charge in [-0.15, -0.1) is 0 Å². The third-order valence-electron chi connectivity index (χ3n) is 5.71. The molecule has 0 aliphatic carbocycles. The van der Waals surface area contributed by atoms with Gasteiger partial charge in [-0.05, 0) is 84.6 Å². The van der Waals surface area contributed by atoms with Crippen LogP contribution >= 0.6 is 0 Å². The molecule has 2 heterocycles. The Morgan fingerprint density at radius 3 is 2.29 bits per heavy atom. The second kappa shape index (κ2) is 8.80. The van der Waals surface area contributed by atoms with E-state index in [0.717, 1.165) is 39.4 Å². The number of hydrogen-bond acceptors (Lipinski definition) is 7. The maximum absolute atomic E-state index is 9.03. The number of aromatic nitrogens is 4. The molecule has 0 spiro atoms. The minimum absolute atomic E-state index is 0.352. The normalized spacial score (nSPS) is 10.8. The standard InChI is InChI=1S/C27H23N7O/c1-16-12-20(19-6-8-21(29)9-7-19)13-17(2)24(16)35-26-23-25(30-15-34(23)3)32-27(33-26)31-22-10-4-18(14-28)5-11-22/h4-13,15H,29H2,1-3H3,(H,31,32,33). The first kappa shape index (κ1) is 21.9. The number of benzene rings is 3. The predicted molar refractivity (Wildman–Crippen MR) is 137 cm³/mol. The van der Waals surface area contributed by atoms with Crippen LogP contribution in [0.3, 0.4) is 0 Å². The van der Waals surface area contributed by atoms with Gasteiger partial charge in [-0.1, -0.05) is 12.1 Å². The summed E-state index contributed by atoms with van der Waals surface area (Å²) in [4.78, 5) is 13.6. The highest BCUT2D eigenvalue weighted by Gasteiger charge is 2.17. The molecule has 0 saturated carbocycles. The zero-order valence-corrected chi connectivity index (χ0v) is 19.6. The first-order chi connectivity index (χ1) is 16.9. The zero-order chi connectivity index (χ0) is 24.5. The molecule has 0 aliphatic rings. The summed E-state index contributed by atoms with van der Waals surface area (Å²) in [5.41, 5.74) is 13.2. The van der Waals surface area contributed by atoms with Gasteiger partial charge in [0.05, 0.1) is 18.0 Å². The topological polar surface area (TPSA) is 115 Å². The molecule has 2 aromatic heterocycles. The summed E-state index contributed by atoms with van der Waals surface area (Å²) in [6, 6.07) is 21.2. The second-order valence-electron chi connectivity index (χ2n) is 8.36. The monoisotopic (exact) mass is 461 g/mol. The SMILES string of the molecule is Cc1cc(-c2ccc(N)cc2)cc(C)c1Oc1nc(Nc2ccc(C#N)cc2)nc2ncn(C)c12. The second-order valence-corrected chi connectivity index (χ2v) is 8.36. The van der Waals surface area contributed by atoms with Gasteiger partial charge in [0.25, 0.3) is 5.88 Å². The molecule has 8 heteroatoms. The Morgan fingerprint density at radius 1 is 0.943 bits per heavy atom. The first-order valence-corrected chi connectivity index (χ1v) is 11.0. The fraction of sp³-hybridized carbons (Fsp3) is 0.111. The average molecular weight is 462 g/mol. The molecule has 0 saturated heterocycles. The van der Waals surface area contributed by atoms with Crippen molar-refractivity contribution < 1.29 is 4.74 Å². The van der Waals surface area contributed by atoms with Gasteiger partial charge in [0.1, 0.15) is 5.75 Å². The smallest absolute Gasteiger partial charge is 0.250 e. The number of nitriles is 1. The fourth-order valence-electron chi connectivity index (χ4n) is 3.96. The van der Waals surface area contributed by atoms with Crippen molar-refractivity contribution in [2.45, 2.75) is 13.8 Å². The van der Waals surface area contributed by atoms with Crippen LogP contribution in [-0.4, -0.2) is 19.5 Å². The van der Waals surface area contributed by atoms with E-state index in [0.29, 0.717) is 28.6 Å². The molecule has 5 aromatic rings. The highest BCUT2D eigenvalue weighted by atomic mass is 16.5. The van der Waals surface area contributed by atoms with E-state index in [-0.39, 0.29) is 0 Å². The van der Waals surface area contributed by atoms with Gasteiger partial charge < -0.3 is 20.4 Å². The molecule has 0 unspecified atom stereocenters. The van der Waals surface area contributed by atoms with Crippen LogP contribution < -0.4 is 15.8 Å². The summed E-state index contributed by atoms with van der Waals surface area (Å²) in [5.74, 6) is 1.48. The van der Waals surface area contributed by atoms with Crippen LogP contribution in [0.15, 0.2) is 67.0 Å². The fourth-order valence-corrected chi connectivity index (χ4v) is 3.96. The lowest BCUT2D eigenvalue weighted by Crippen LogP contribution is -2.02. The van der Waals surface area contributed by atoms with Crippen molar-refractivity contribution >= 4 is 28.5 Å². The molecule has 5 rings (SSSR count). The number of nitrogens with two attached hydrogens (primary N) is 1. The van der Waals surface area contributed by atoms with E-state index >= 15 is 0 Å². The van der Waals surface area contributed by atoms with Crippen molar-refractivity contribution in [2.75, 3.05) is 11.1 Å². The number of nitrogens with one attached hydrogen (secondary N) is 1. The number of nitrogens with zero attached hydrogens (tertiary/aromatic N) is 5. The lowest BCUT2D eigenvalue weighted by molar-refractivity contribution is 0.459. The Kier molecular flexibility index (Phi) is 5.51. The lowest BCUT2D eigenvalue weighted by Gasteiger charge is -2.15. The van der Waals surface area contributed by atoms with Gasteiger partial charge in [-0.3, -0.25) is 0 Å². The molecule has 172 valence electrons. The molecule has 8 nitrogen and oxygen atoms in total. The summed E-state index contributed by atoms with van der Waals surface area (Å²) in [6.07, 6.45) is 1.68. The Bertz CT molecular complexity index is 1560. The van der Waals surface area contributed by atoms with Crippen LogP contribution in [0.4, 0.5) is 17.3 Å². The molecule has 0 amide bonds. The Balaban J connectivity index is 1.52. The summed E-state index contributed by atoms with van der Waals surface area (Å²) < 4.78 is 8.24. The molecule has 0 fully saturated rings. The van der Waals surface area contributed by atoms with E-state index in [1.54, 1.807) is 30.6 Å². The maximum Gasteiger partial charge on any atom is 0.250 e. The van der Waals surface area contributed by atoms with Crippen LogP contribution in [0.25, 0.3) is 22.3 Å². The molecule has 35 heavy (non-hydrogen) atoms. The van der Waals surface area contributed by atoms with E-state index in [1.165, 1.54) is 0 Å². The third-order valence-corrected chi connectivity index (χ3v) is 5.71. The number of ether oxygens (including phenoxy) is 1. The van der Waals surface area contributed by atoms with Crippen molar-refractivity contribution in [1.29, 1.82) is 5.26 Å². The Morgan fingerprint density at radius 2 is 1.63 bits per heavy atom. The van der Waals surface area contributed by atoms with Crippen molar-refractivity contribution in [3.8, 4) is 28.8 Å². The number of aryl methyl sites for hydroxylation is 3. The molecule has 3 aromatic carbocycles. The quantitative estimate of drug-likeness (QED) is 0.326. The number of anilines is 3. The molecule has 3 N–H and O–H groups in total. The number of fused-ring (bicyclic) bond motifs is 1. The summed E-state index contributed by atoms with van der Waals surface area (Å²) >= 11 is 0. The van der Waals surface area contributed by atoms with E-state index in [9.17, 15) is 0 Å². The average Bonchev–Trinajstić information content (AvgIpc) is 3.23. The highest BCUT2D eigenvalue weighted by Crippen LogP contribution is 2.35. The molecule has 0 aliphatic heterocycles. The van der Waals surface area contributed by atoms with Gasteiger partial charge in [0, 0.05) is 18.4 Å². The molecular weight excluding hydrogens is 438 g/mol. The van der Waals surface area contributed by atoms with Gasteiger partial charge in [0.2, 0.25) is 5.95 Å². The van der Waals surface area contributed by atoms with Crippen LogP contribution in [0, 0.1) is 25.2 Å². The van der Waals surface area contributed by atoms with Crippen molar-refractivity contribution in [3.05, 3.63) is 83.7 Å². The van der Waals surface area contributed by atoms with E-state index in [1.807, 2.05) is 49.7 Å². The first-order valence-electron chi connectivity index (χ1n) is 11.0. The lowest BCUT2D eigenvalue weighted by atomic mass is 9.99. The van der Waals surface area contributed by atoms with Crippen LogP contribution in [0.1, 0.15) is 16.7 Å². The third kappa shape index (κ3) is 4.35. The van der Waals surface area contributed by atoms with Gasteiger partial charge in [-0.25, -0.2) is 4.98 Å². The van der Waals surface area contributed by atoms with E-state index in [2.05, 4.69) is 38.5 Å². The van der Waals surface area contributed by atoms with Crippen molar-refractivity contribution in [2.24, 2.45) is 7.05 Å². The molecule has 0 atom stereocenters. The van der Waals surface area contributed by atoms with Gasteiger partial charge in [0.15, 0.2) is 11.2 Å². The Labute approximate surface area is 202 Å². The zero-order valence-electron chi connectivity index (χ0n) is 19.6. The predicted octanol–water partition coefficient (Wildman–Crippen LogP) is 5.64. The van der Waals surface area contributed by atoms with Crippen LogP contribution in [0.5, 0.6) is 11.6 Å². The highest BCUT2D eigenvalue weighted by molar-refractivity contribution is 5.79. The van der Waals surface area contributed by atoms with E-state index in [4.69, 9.17) is 15.7 Å². The summed E-state index contributed by atoms with van der Waals surface area (Å²) in [7, 11) is 1.88. The number of imidazole rings is 1. The summed E-state index contributed by atoms with van der Waals surface area (Å²) in [5, 5.41) is 12.2. The largest absolute Gasteiger partial charge is 0.436 e. The molecular formula is C27H23N7O. The van der Waals surface area contributed by atoms with Crippen LogP contribution in [-0.2, 0) is 7.05 Å².